The number of nitrogens with zero attached hydrogens (tertiary/aromatic N) is 3. The van der Waals surface area contributed by atoms with E-state index in [4.69, 9.17) is 15.3 Å². The zero-order valence-corrected chi connectivity index (χ0v) is 13.5. The summed E-state index contributed by atoms with van der Waals surface area (Å²) in [6, 6.07) is 18.4. The molecule has 0 atom stereocenters. The highest BCUT2D eigenvalue weighted by atomic mass is 16.5. The Labute approximate surface area is 145 Å². The van der Waals surface area contributed by atoms with Gasteiger partial charge in [0.05, 0.1) is 24.1 Å². The van der Waals surface area contributed by atoms with Crippen molar-refractivity contribution >= 4 is 16.7 Å². The van der Waals surface area contributed by atoms with E-state index in [1.54, 1.807) is 30.5 Å². The predicted molar refractivity (Wildman–Crippen MR) is 93.2 cm³/mol. The Hall–Kier alpha value is -3.57. The number of ether oxygens (including phenoxy) is 1. The minimum atomic E-state index is -0.128. The molecule has 0 aliphatic heterocycles. The lowest BCUT2D eigenvalue weighted by molar-refractivity contribution is 0.0923. The van der Waals surface area contributed by atoms with Crippen LogP contribution < -0.4 is 4.74 Å². The summed E-state index contributed by atoms with van der Waals surface area (Å²) in [4.78, 5) is 12.6. The molecule has 0 spiro atoms. The first-order chi connectivity index (χ1) is 12.2. The SMILES string of the molecule is N#CCCn1cc(C(=O)COc2ccc(C#N)cc2)c2ccccc21. The number of carbonyl (C=O) groups excluding carboxylic acids is 1. The van der Waals surface area contributed by atoms with Gasteiger partial charge in [0.25, 0.3) is 0 Å². The summed E-state index contributed by atoms with van der Waals surface area (Å²) in [6.07, 6.45) is 2.17. The Morgan fingerprint density at radius 3 is 2.56 bits per heavy atom. The Morgan fingerprint density at radius 2 is 1.84 bits per heavy atom. The van der Waals surface area contributed by atoms with Gasteiger partial charge in [-0.2, -0.15) is 10.5 Å². The first kappa shape index (κ1) is 16.3. The van der Waals surface area contributed by atoms with Crippen LogP contribution in [-0.2, 0) is 6.54 Å². The van der Waals surface area contributed by atoms with Gasteiger partial charge in [-0.15, -0.1) is 0 Å². The smallest absolute Gasteiger partial charge is 0.202 e. The van der Waals surface area contributed by atoms with Crippen LogP contribution >= 0.6 is 0 Å². The normalized spacial score (nSPS) is 10.2. The lowest BCUT2D eigenvalue weighted by atomic mass is 10.1. The van der Waals surface area contributed by atoms with Crippen molar-refractivity contribution in [2.24, 2.45) is 0 Å². The quantitative estimate of drug-likeness (QED) is 0.646. The molecule has 0 radical (unpaired) electrons. The van der Waals surface area contributed by atoms with Crippen LogP contribution in [-0.4, -0.2) is 17.0 Å². The Balaban J connectivity index is 1.79. The second-order valence-electron chi connectivity index (χ2n) is 5.51. The first-order valence-corrected chi connectivity index (χ1v) is 7.84. The Morgan fingerprint density at radius 1 is 1.08 bits per heavy atom. The number of hydrogen-bond acceptors (Lipinski definition) is 4. The molecule has 0 unspecified atom stereocenters. The molecule has 0 fully saturated rings. The fourth-order valence-corrected chi connectivity index (χ4v) is 2.68. The van der Waals surface area contributed by atoms with Crippen molar-refractivity contribution < 1.29 is 9.53 Å². The van der Waals surface area contributed by atoms with Crippen molar-refractivity contribution in [2.75, 3.05) is 6.61 Å². The highest BCUT2D eigenvalue weighted by Crippen LogP contribution is 2.22. The first-order valence-electron chi connectivity index (χ1n) is 7.84. The third kappa shape index (κ3) is 3.52. The number of ketones is 1. The third-order valence-corrected chi connectivity index (χ3v) is 3.91. The van der Waals surface area contributed by atoms with Crippen molar-refractivity contribution in [1.82, 2.24) is 4.57 Å². The summed E-state index contributed by atoms with van der Waals surface area (Å²) in [5.41, 5.74) is 2.06. The molecule has 3 rings (SSSR count). The summed E-state index contributed by atoms with van der Waals surface area (Å²) >= 11 is 0. The van der Waals surface area contributed by atoms with Crippen LogP contribution in [0.15, 0.2) is 54.7 Å². The monoisotopic (exact) mass is 329 g/mol. The molecule has 0 saturated heterocycles. The number of aryl methyl sites for hydroxylation is 1. The maximum absolute atomic E-state index is 12.6. The fraction of sp³-hybridized carbons (Fsp3) is 0.150. The predicted octanol–water partition coefficient (Wildman–Crippen LogP) is 3.69. The van der Waals surface area contributed by atoms with E-state index in [0.29, 0.717) is 29.8 Å². The number of fused-ring (bicyclic) bond motifs is 1. The van der Waals surface area contributed by atoms with Crippen molar-refractivity contribution in [2.45, 2.75) is 13.0 Å². The van der Waals surface area contributed by atoms with Gasteiger partial charge in [-0.1, -0.05) is 18.2 Å². The Kier molecular flexibility index (Phi) is 4.78. The van der Waals surface area contributed by atoms with E-state index in [1.807, 2.05) is 34.9 Å². The summed E-state index contributed by atoms with van der Waals surface area (Å²) in [5.74, 6) is 0.414. The van der Waals surface area contributed by atoms with Crippen molar-refractivity contribution in [3.8, 4) is 17.9 Å². The molecule has 5 nitrogen and oxygen atoms in total. The number of para-hydroxylation sites is 1. The van der Waals surface area contributed by atoms with E-state index in [0.717, 1.165) is 10.9 Å². The molecular formula is C20H15N3O2. The fourth-order valence-electron chi connectivity index (χ4n) is 2.68. The number of nitriles is 2. The van der Waals surface area contributed by atoms with Crippen LogP contribution in [0.5, 0.6) is 5.75 Å². The molecule has 0 N–H and O–H groups in total. The lowest BCUT2D eigenvalue weighted by Crippen LogP contribution is -2.11. The van der Waals surface area contributed by atoms with Crippen LogP contribution in [0, 0.1) is 22.7 Å². The van der Waals surface area contributed by atoms with Crippen LogP contribution in [0.1, 0.15) is 22.3 Å². The second-order valence-corrected chi connectivity index (χ2v) is 5.51. The highest BCUT2D eigenvalue weighted by Gasteiger charge is 2.15. The molecule has 122 valence electrons. The van der Waals surface area contributed by atoms with Gasteiger partial charge in [0.1, 0.15) is 5.75 Å². The topological polar surface area (TPSA) is 78.8 Å². The number of hydrogen-bond donors (Lipinski definition) is 0. The van der Waals surface area contributed by atoms with Gasteiger partial charge in [-0.05, 0) is 30.3 Å². The molecular weight excluding hydrogens is 314 g/mol. The molecule has 0 aliphatic carbocycles. The van der Waals surface area contributed by atoms with E-state index >= 15 is 0 Å². The molecule has 0 aliphatic rings. The van der Waals surface area contributed by atoms with Crippen LogP contribution in [0.25, 0.3) is 10.9 Å². The van der Waals surface area contributed by atoms with Crippen molar-refractivity contribution in [1.29, 1.82) is 10.5 Å². The maximum Gasteiger partial charge on any atom is 0.202 e. The van der Waals surface area contributed by atoms with E-state index < -0.39 is 0 Å². The molecule has 0 amide bonds. The highest BCUT2D eigenvalue weighted by molar-refractivity contribution is 6.08. The summed E-state index contributed by atoms with van der Waals surface area (Å²) < 4.78 is 7.46. The van der Waals surface area contributed by atoms with Crippen LogP contribution in [0.4, 0.5) is 0 Å². The van der Waals surface area contributed by atoms with E-state index in [9.17, 15) is 4.79 Å². The molecule has 25 heavy (non-hydrogen) atoms. The van der Waals surface area contributed by atoms with Gasteiger partial charge in [0.15, 0.2) is 6.61 Å². The van der Waals surface area contributed by atoms with Gasteiger partial charge in [-0.25, -0.2) is 0 Å². The lowest BCUT2D eigenvalue weighted by Gasteiger charge is -2.05. The average Bonchev–Trinajstić information content (AvgIpc) is 3.04. The second kappa shape index (κ2) is 7.33. The van der Waals surface area contributed by atoms with Crippen molar-refractivity contribution in [3.63, 3.8) is 0 Å². The molecule has 1 aromatic heterocycles. The third-order valence-electron chi connectivity index (χ3n) is 3.91. The van der Waals surface area contributed by atoms with Gasteiger partial charge < -0.3 is 9.30 Å². The number of Topliss-reactive ketones (excluding diaryl/α,β-unsaturated/α-hetero) is 1. The molecule has 0 saturated carbocycles. The zero-order chi connectivity index (χ0) is 17.6. The van der Waals surface area contributed by atoms with E-state index in [1.165, 1.54) is 0 Å². The Bertz CT molecular complexity index is 988. The average molecular weight is 329 g/mol. The van der Waals surface area contributed by atoms with Gasteiger partial charge in [-0.3, -0.25) is 4.79 Å². The van der Waals surface area contributed by atoms with Crippen LogP contribution in [0.2, 0.25) is 0 Å². The molecule has 5 heteroatoms. The molecule has 1 heterocycles. The number of aromatic nitrogens is 1. The van der Waals surface area contributed by atoms with Gasteiger partial charge in [0.2, 0.25) is 5.78 Å². The molecule has 2 aromatic carbocycles. The number of carbonyl (C=O) groups is 1. The minimum Gasteiger partial charge on any atom is -0.485 e. The maximum atomic E-state index is 12.6. The number of rotatable bonds is 6. The van der Waals surface area contributed by atoms with Crippen molar-refractivity contribution in [3.05, 3.63) is 65.9 Å². The molecule has 0 bridgehead atoms. The molecule has 3 aromatic rings. The van der Waals surface area contributed by atoms with Crippen LogP contribution in [0.3, 0.4) is 0 Å². The minimum absolute atomic E-state index is 0.0852. The van der Waals surface area contributed by atoms with Gasteiger partial charge in [0, 0.05) is 29.2 Å². The van der Waals surface area contributed by atoms with E-state index in [2.05, 4.69) is 6.07 Å². The number of benzene rings is 2. The largest absolute Gasteiger partial charge is 0.485 e. The summed E-state index contributed by atoms with van der Waals surface area (Å²) in [5, 5.41) is 18.4. The summed E-state index contributed by atoms with van der Waals surface area (Å²) in [7, 11) is 0. The van der Waals surface area contributed by atoms with Gasteiger partial charge >= 0.3 is 0 Å². The summed E-state index contributed by atoms with van der Waals surface area (Å²) in [6.45, 7) is 0.457. The van der Waals surface area contributed by atoms with E-state index in [-0.39, 0.29) is 12.4 Å². The zero-order valence-electron chi connectivity index (χ0n) is 13.5. The standard InChI is InChI=1S/C20H15N3O2/c21-10-3-11-23-13-18(17-4-1-2-5-19(17)23)20(24)14-25-16-8-6-15(12-22)7-9-16/h1-2,4-9,13H,3,11,14H2.